The van der Waals surface area contributed by atoms with Crippen molar-refractivity contribution in [2.24, 2.45) is 0 Å². The molecular formula is C31H31NO8. The predicted octanol–water partition coefficient (Wildman–Crippen LogP) is 4.27. The molecule has 1 saturated heterocycles. The zero-order valence-corrected chi connectivity index (χ0v) is 22.6. The number of benzene rings is 3. The molecule has 40 heavy (non-hydrogen) atoms. The molecule has 2 heterocycles. The molecule has 0 radical (unpaired) electrons. The molecule has 0 unspecified atom stereocenters. The lowest BCUT2D eigenvalue weighted by molar-refractivity contribution is -0.306. The van der Waals surface area contributed by atoms with E-state index in [-0.39, 0.29) is 11.3 Å². The summed E-state index contributed by atoms with van der Waals surface area (Å²) in [7, 11) is 1.43. The fourth-order valence-electron chi connectivity index (χ4n) is 5.09. The summed E-state index contributed by atoms with van der Waals surface area (Å²) in [5.74, 6) is -0.145. The summed E-state index contributed by atoms with van der Waals surface area (Å²) in [6.45, 7) is 5.16. The standard InChI is InChI=1S/C31H31NO8/c1-17-23(38-30-25(34)24(33)27(37-4)31(2,3)40-30)15-14-19-16-22(29(36)39-26(17)19)32-28(35)21-13-9-8-12-20(21)18-10-6-5-7-11-18/h5-16,24-25,27,30,33-34H,1-4H3,(H,32,35)/t24-,25+,27+,30+/m0/s1. The van der Waals surface area contributed by atoms with Gasteiger partial charge in [0.2, 0.25) is 6.29 Å². The Morgan fingerprint density at radius 3 is 2.40 bits per heavy atom. The second-order valence-electron chi connectivity index (χ2n) is 10.3. The number of aliphatic hydroxyl groups is 2. The lowest BCUT2D eigenvalue weighted by Crippen LogP contribution is -2.63. The van der Waals surface area contributed by atoms with Crippen LogP contribution in [0.4, 0.5) is 5.69 Å². The smallest absolute Gasteiger partial charge is 0.360 e. The van der Waals surface area contributed by atoms with Gasteiger partial charge in [0.15, 0.2) is 0 Å². The van der Waals surface area contributed by atoms with Gasteiger partial charge in [-0.05, 0) is 56.2 Å². The van der Waals surface area contributed by atoms with Crippen LogP contribution in [0, 0.1) is 6.92 Å². The van der Waals surface area contributed by atoms with Gasteiger partial charge in [0.25, 0.3) is 5.91 Å². The summed E-state index contributed by atoms with van der Waals surface area (Å²) in [6.07, 6.45) is -4.57. The number of methoxy groups -OCH3 is 1. The second-order valence-corrected chi connectivity index (χ2v) is 10.3. The number of hydrogen-bond donors (Lipinski definition) is 3. The van der Waals surface area contributed by atoms with Crippen molar-refractivity contribution in [1.82, 2.24) is 0 Å². The van der Waals surface area contributed by atoms with Gasteiger partial charge in [-0.1, -0.05) is 48.5 Å². The van der Waals surface area contributed by atoms with Crippen LogP contribution in [0.25, 0.3) is 22.1 Å². The Morgan fingerprint density at radius 1 is 0.975 bits per heavy atom. The van der Waals surface area contributed by atoms with Crippen LogP contribution in [0.5, 0.6) is 5.75 Å². The molecular weight excluding hydrogens is 514 g/mol. The molecule has 1 fully saturated rings. The Labute approximate surface area is 230 Å². The second kappa shape index (κ2) is 10.9. The van der Waals surface area contributed by atoms with Gasteiger partial charge in [-0.2, -0.15) is 0 Å². The first-order valence-corrected chi connectivity index (χ1v) is 12.9. The van der Waals surface area contributed by atoms with Crippen LogP contribution < -0.4 is 15.7 Å². The van der Waals surface area contributed by atoms with Crippen LogP contribution in [0.2, 0.25) is 0 Å². The molecule has 3 N–H and O–H groups in total. The third kappa shape index (κ3) is 5.12. The average molecular weight is 546 g/mol. The zero-order valence-electron chi connectivity index (χ0n) is 22.6. The number of rotatable bonds is 6. The highest BCUT2D eigenvalue weighted by Crippen LogP contribution is 2.35. The molecule has 0 aliphatic carbocycles. The highest BCUT2D eigenvalue weighted by Gasteiger charge is 2.50. The molecule has 4 atom stereocenters. The predicted molar refractivity (Wildman–Crippen MR) is 149 cm³/mol. The number of carbonyl (C=O) groups is 1. The van der Waals surface area contributed by atoms with Gasteiger partial charge < -0.3 is 34.2 Å². The summed E-state index contributed by atoms with van der Waals surface area (Å²) in [5, 5.41) is 24.4. The Hall–Kier alpha value is -4.02. The fourth-order valence-corrected chi connectivity index (χ4v) is 5.09. The Kier molecular flexibility index (Phi) is 7.48. The van der Waals surface area contributed by atoms with E-state index < -0.39 is 41.7 Å². The molecule has 1 aliphatic heterocycles. The molecule has 5 rings (SSSR count). The SMILES string of the molecule is CO[C@@H]1[C@@H](O)[C@@H](O)[C@H](Oc2ccc3cc(NC(=O)c4ccccc4-c4ccccc4)c(=O)oc3c2C)OC1(C)C. The van der Waals surface area contributed by atoms with E-state index in [0.29, 0.717) is 22.3 Å². The summed E-state index contributed by atoms with van der Waals surface area (Å²) in [4.78, 5) is 26.1. The first kappa shape index (κ1) is 27.5. The number of ether oxygens (including phenoxy) is 3. The molecule has 0 saturated carbocycles. The van der Waals surface area contributed by atoms with Crippen LogP contribution in [-0.4, -0.2) is 53.4 Å². The molecule has 1 aliphatic rings. The minimum absolute atomic E-state index is 0.00468. The normalized spacial score (nSPS) is 22.1. The van der Waals surface area contributed by atoms with E-state index in [1.807, 2.05) is 42.5 Å². The Bertz CT molecular complexity index is 1600. The third-order valence-corrected chi connectivity index (χ3v) is 7.15. The zero-order chi connectivity index (χ0) is 28.6. The fraction of sp³-hybridized carbons (Fsp3) is 0.290. The van der Waals surface area contributed by atoms with E-state index in [1.54, 1.807) is 51.1 Å². The quantitative estimate of drug-likeness (QED) is 0.307. The van der Waals surface area contributed by atoms with E-state index >= 15 is 0 Å². The van der Waals surface area contributed by atoms with E-state index in [4.69, 9.17) is 18.6 Å². The highest BCUT2D eigenvalue weighted by molar-refractivity contribution is 6.09. The first-order chi connectivity index (χ1) is 19.1. The first-order valence-electron chi connectivity index (χ1n) is 12.9. The van der Waals surface area contributed by atoms with Crippen LogP contribution >= 0.6 is 0 Å². The lowest BCUT2D eigenvalue weighted by atomic mass is 9.89. The number of hydrogen-bond acceptors (Lipinski definition) is 8. The molecule has 3 aromatic carbocycles. The maximum Gasteiger partial charge on any atom is 0.360 e. The average Bonchev–Trinajstić information content (AvgIpc) is 2.94. The van der Waals surface area contributed by atoms with Crippen molar-refractivity contribution < 1.29 is 33.6 Å². The monoisotopic (exact) mass is 545 g/mol. The maximum atomic E-state index is 13.2. The molecule has 9 heteroatoms. The van der Waals surface area contributed by atoms with Crippen molar-refractivity contribution in [3.63, 3.8) is 0 Å². The number of aryl methyl sites for hydroxylation is 1. The van der Waals surface area contributed by atoms with Crippen molar-refractivity contribution in [3.05, 3.63) is 94.3 Å². The van der Waals surface area contributed by atoms with Gasteiger partial charge in [-0.25, -0.2) is 4.79 Å². The van der Waals surface area contributed by atoms with Crippen LogP contribution in [0.1, 0.15) is 29.8 Å². The maximum absolute atomic E-state index is 13.2. The topological polar surface area (TPSA) is 127 Å². The van der Waals surface area contributed by atoms with Gasteiger partial charge in [-0.3, -0.25) is 4.79 Å². The summed E-state index contributed by atoms with van der Waals surface area (Å²) in [5.41, 5.74) is 1.09. The number of aliphatic hydroxyl groups excluding tert-OH is 2. The van der Waals surface area contributed by atoms with Gasteiger partial charge in [0.05, 0.1) is 5.60 Å². The van der Waals surface area contributed by atoms with Gasteiger partial charge >= 0.3 is 5.63 Å². The molecule has 1 amide bonds. The number of fused-ring (bicyclic) bond motifs is 1. The molecule has 208 valence electrons. The van der Waals surface area contributed by atoms with E-state index in [2.05, 4.69) is 5.32 Å². The summed E-state index contributed by atoms with van der Waals surface area (Å²) in [6, 6.07) is 21.5. The largest absolute Gasteiger partial charge is 0.462 e. The summed E-state index contributed by atoms with van der Waals surface area (Å²) >= 11 is 0. The summed E-state index contributed by atoms with van der Waals surface area (Å²) < 4.78 is 22.8. The number of nitrogens with one attached hydrogen (secondary N) is 1. The van der Waals surface area contributed by atoms with Crippen LogP contribution in [-0.2, 0) is 9.47 Å². The number of anilines is 1. The van der Waals surface area contributed by atoms with Crippen molar-refractivity contribution in [1.29, 1.82) is 0 Å². The third-order valence-electron chi connectivity index (χ3n) is 7.15. The molecule has 9 nitrogen and oxygen atoms in total. The van der Waals surface area contributed by atoms with Gasteiger partial charge in [-0.15, -0.1) is 0 Å². The molecule has 0 bridgehead atoms. The van der Waals surface area contributed by atoms with Gasteiger partial charge in [0, 0.05) is 23.6 Å². The molecule has 0 spiro atoms. The van der Waals surface area contributed by atoms with Crippen molar-refractivity contribution in [2.75, 3.05) is 12.4 Å². The molecule has 1 aromatic heterocycles. The van der Waals surface area contributed by atoms with Crippen LogP contribution in [0.15, 0.2) is 82.0 Å². The molecule has 4 aromatic rings. The minimum atomic E-state index is -1.38. The van der Waals surface area contributed by atoms with Crippen molar-refractivity contribution in [2.45, 2.75) is 51.0 Å². The minimum Gasteiger partial charge on any atom is -0.462 e. The van der Waals surface area contributed by atoms with Crippen molar-refractivity contribution >= 4 is 22.6 Å². The lowest BCUT2D eigenvalue weighted by Gasteiger charge is -2.46. The van der Waals surface area contributed by atoms with Crippen molar-refractivity contribution in [3.8, 4) is 16.9 Å². The van der Waals surface area contributed by atoms with E-state index in [0.717, 1.165) is 11.1 Å². The van der Waals surface area contributed by atoms with Gasteiger partial charge in [0.1, 0.15) is 35.3 Å². The Morgan fingerprint density at radius 2 is 1.68 bits per heavy atom. The van der Waals surface area contributed by atoms with Crippen LogP contribution in [0.3, 0.4) is 0 Å². The highest BCUT2D eigenvalue weighted by atomic mass is 16.7. The number of amides is 1. The Balaban J connectivity index is 1.41. The van der Waals surface area contributed by atoms with E-state index in [9.17, 15) is 19.8 Å². The number of carbonyl (C=O) groups excluding carboxylic acids is 1. The van der Waals surface area contributed by atoms with E-state index in [1.165, 1.54) is 7.11 Å².